The average molecular weight is 418 g/mol. The van der Waals surface area contributed by atoms with E-state index in [4.69, 9.17) is 4.84 Å². The number of nitrogens with one attached hydrogen (secondary N) is 1. The molecule has 1 rings (SSSR count). The molecule has 2 amide bonds. The number of benzene rings is 1. The van der Waals surface area contributed by atoms with Crippen LogP contribution in [0, 0.1) is 0 Å². The second-order valence-corrected chi connectivity index (χ2v) is 7.76. The second-order valence-electron chi connectivity index (χ2n) is 7.76. The zero-order chi connectivity index (χ0) is 22.2. The maximum atomic E-state index is 13.1. The van der Waals surface area contributed by atoms with Gasteiger partial charge in [-0.05, 0) is 32.8 Å². The van der Waals surface area contributed by atoms with Crippen molar-refractivity contribution in [3.8, 4) is 0 Å². The molecule has 0 saturated heterocycles. The van der Waals surface area contributed by atoms with Crippen LogP contribution in [0.15, 0.2) is 30.3 Å². The van der Waals surface area contributed by atoms with Crippen molar-refractivity contribution < 1.29 is 32.7 Å². The highest BCUT2D eigenvalue weighted by molar-refractivity contribution is 5.82. The molecule has 0 fully saturated rings. The maximum Gasteiger partial charge on any atom is 0.391 e. The van der Waals surface area contributed by atoms with E-state index >= 15 is 0 Å². The molecule has 164 valence electrons. The quantitative estimate of drug-likeness (QED) is 0.450. The van der Waals surface area contributed by atoms with E-state index in [0.717, 1.165) is 5.56 Å². The summed E-state index contributed by atoms with van der Waals surface area (Å²) in [4.78, 5) is 29.2. The number of hydrogen-bond donors (Lipinski definition) is 2. The number of amides is 2. The van der Waals surface area contributed by atoms with E-state index in [1.54, 1.807) is 30.3 Å². The van der Waals surface area contributed by atoms with Gasteiger partial charge in [-0.1, -0.05) is 43.7 Å². The fourth-order valence-corrected chi connectivity index (χ4v) is 2.79. The van der Waals surface area contributed by atoms with E-state index in [1.807, 2.05) is 6.92 Å². The number of carbonyl (C=O) groups is 2. The summed E-state index contributed by atoms with van der Waals surface area (Å²) < 4.78 is 39.2. The Kier molecular flexibility index (Phi) is 9.10. The average Bonchev–Trinajstić information content (AvgIpc) is 2.62. The Balaban J connectivity index is 3.07. The Morgan fingerprint density at radius 2 is 1.83 bits per heavy atom. The van der Waals surface area contributed by atoms with Crippen molar-refractivity contribution in [3.63, 3.8) is 0 Å². The van der Waals surface area contributed by atoms with E-state index in [1.165, 1.54) is 20.8 Å². The topological polar surface area (TPSA) is 78.9 Å². The van der Waals surface area contributed by atoms with E-state index in [0.29, 0.717) is 17.9 Å². The number of rotatable bonds is 10. The number of hydrogen-bond acceptors (Lipinski definition) is 4. The van der Waals surface area contributed by atoms with Crippen molar-refractivity contribution in [1.82, 2.24) is 10.4 Å². The van der Waals surface area contributed by atoms with Crippen LogP contribution in [0.4, 0.5) is 13.2 Å². The van der Waals surface area contributed by atoms with Crippen LogP contribution < -0.4 is 5.32 Å². The van der Waals surface area contributed by atoms with Gasteiger partial charge in [0.2, 0.25) is 6.41 Å². The van der Waals surface area contributed by atoms with Gasteiger partial charge in [0, 0.05) is 0 Å². The lowest BCUT2D eigenvalue weighted by Crippen LogP contribution is -2.54. The molecule has 0 spiro atoms. The lowest BCUT2D eigenvalue weighted by atomic mass is 10.0. The number of aliphatic hydroxyl groups is 1. The first-order valence-electron chi connectivity index (χ1n) is 9.41. The van der Waals surface area contributed by atoms with Crippen molar-refractivity contribution >= 4 is 12.3 Å². The highest BCUT2D eigenvalue weighted by Gasteiger charge is 2.42. The monoisotopic (exact) mass is 418 g/mol. The normalized spacial score (nSPS) is 15.3. The molecular weight excluding hydrogens is 389 g/mol. The van der Waals surface area contributed by atoms with Crippen LogP contribution in [0.5, 0.6) is 0 Å². The van der Waals surface area contributed by atoms with Crippen LogP contribution in [0.3, 0.4) is 0 Å². The van der Waals surface area contributed by atoms with E-state index in [-0.39, 0.29) is 6.41 Å². The molecule has 0 aliphatic carbocycles. The van der Waals surface area contributed by atoms with Crippen molar-refractivity contribution in [2.75, 3.05) is 0 Å². The largest absolute Gasteiger partial charge is 0.391 e. The van der Waals surface area contributed by atoms with E-state index < -0.39 is 42.3 Å². The molecule has 3 atom stereocenters. The Hall–Kier alpha value is -2.13. The number of alkyl halides is 3. The fourth-order valence-electron chi connectivity index (χ4n) is 2.79. The third kappa shape index (κ3) is 8.82. The molecule has 29 heavy (non-hydrogen) atoms. The van der Waals surface area contributed by atoms with Gasteiger partial charge in [0.05, 0.1) is 18.1 Å². The minimum atomic E-state index is -4.73. The summed E-state index contributed by atoms with van der Waals surface area (Å²) in [6.07, 6.45) is -7.18. The summed E-state index contributed by atoms with van der Waals surface area (Å²) in [5, 5.41) is 13.4. The van der Waals surface area contributed by atoms with E-state index in [2.05, 4.69) is 5.32 Å². The smallest absolute Gasteiger partial charge is 0.381 e. The highest BCUT2D eigenvalue weighted by atomic mass is 19.4. The van der Waals surface area contributed by atoms with Crippen LogP contribution in [-0.4, -0.2) is 46.4 Å². The van der Waals surface area contributed by atoms with Gasteiger partial charge in [-0.15, -0.1) is 0 Å². The lowest BCUT2D eigenvalue weighted by Gasteiger charge is -2.35. The van der Waals surface area contributed by atoms with Crippen molar-refractivity contribution in [2.24, 2.45) is 0 Å². The molecule has 0 bridgehead atoms. The minimum absolute atomic E-state index is 0.0406. The Labute approximate surface area is 169 Å². The number of carbonyl (C=O) groups excluding carboxylic acids is 2. The summed E-state index contributed by atoms with van der Waals surface area (Å²) in [6, 6.07) is 6.50. The van der Waals surface area contributed by atoms with Crippen LogP contribution in [0.2, 0.25) is 0 Å². The van der Waals surface area contributed by atoms with Gasteiger partial charge in [0.25, 0.3) is 5.91 Å². The molecule has 0 aliphatic heterocycles. The van der Waals surface area contributed by atoms with Gasteiger partial charge in [-0.3, -0.25) is 14.4 Å². The third-order valence-corrected chi connectivity index (χ3v) is 3.98. The summed E-state index contributed by atoms with van der Waals surface area (Å²) in [7, 11) is 0. The Morgan fingerprint density at radius 1 is 1.24 bits per heavy atom. The molecule has 2 N–H and O–H groups in total. The van der Waals surface area contributed by atoms with Gasteiger partial charge < -0.3 is 10.4 Å². The predicted molar refractivity (Wildman–Crippen MR) is 101 cm³/mol. The SMILES string of the molecule is CCCC(NC(=O)C(O)C(CC(F)(F)F)N(C=O)OC(C)(C)C)c1ccccc1. The molecule has 6 nitrogen and oxygen atoms in total. The number of hydroxylamine groups is 2. The summed E-state index contributed by atoms with van der Waals surface area (Å²) in [6.45, 7) is 6.50. The molecule has 1 aromatic carbocycles. The van der Waals surface area contributed by atoms with Crippen molar-refractivity contribution in [3.05, 3.63) is 35.9 Å². The summed E-state index contributed by atoms with van der Waals surface area (Å²) in [5.74, 6) is -1.01. The first-order chi connectivity index (χ1) is 13.4. The lowest BCUT2D eigenvalue weighted by molar-refractivity contribution is -0.257. The zero-order valence-electron chi connectivity index (χ0n) is 17.1. The van der Waals surface area contributed by atoms with Crippen LogP contribution in [0.25, 0.3) is 0 Å². The zero-order valence-corrected chi connectivity index (χ0v) is 17.1. The standard InChI is InChI=1S/C20H29F3N2O4/c1-5-9-15(14-10-7-6-8-11-14)24-18(28)17(27)16(12-20(21,22)23)25(13-26)29-19(2,3)4/h6-8,10-11,13,15-17,27H,5,9,12H2,1-4H3,(H,24,28). The van der Waals surface area contributed by atoms with Crippen LogP contribution in [-0.2, 0) is 14.4 Å². The van der Waals surface area contributed by atoms with Gasteiger partial charge in [-0.2, -0.15) is 13.2 Å². The van der Waals surface area contributed by atoms with Crippen LogP contribution >= 0.6 is 0 Å². The fraction of sp³-hybridized carbons (Fsp3) is 0.600. The Morgan fingerprint density at radius 3 is 2.28 bits per heavy atom. The number of halogens is 3. The number of nitrogens with zero attached hydrogens (tertiary/aromatic N) is 1. The maximum absolute atomic E-state index is 13.1. The third-order valence-electron chi connectivity index (χ3n) is 3.98. The molecule has 9 heteroatoms. The first-order valence-corrected chi connectivity index (χ1v) is 9.41. The van der Waals surface area contributed by atoms with Gasteiger partial charge >= 0.3 is 6.18 Å². The molecular formula is C20H29F3N2O4. The number of aliphatic hydroxyl groups excluding tert-OH is 1. The molecule has 0 aliphatic rings. The summed E-state index contributed by atoms with van der Waals surface area (Å²) in [5.41, 5.74) is -0.240. The summed E-state index contributed by atoms with van der Waals surface area (Å²) >= 11 is 0. The first kappa shape index (κ1) is 24.9. The molecule has 0 radical (unpaired) electrons. The predicted octanol–water partition coefficient (Wildman–Crippen LogP) is 3.51. The highest BCUT2D eigenvalue weighted by Crippen LogP contribution is 2.28. The molecule has 3 unspecified atom stereocenters. The van der Waals surface area contributed by atoms with Gasteiger partial charge in [0.15, 0.2) is 6.10 Å². The van der Waals surface area contributed by atoms with Crippen molar-refractivity contribution in [2.45, 2.75) is 76.9 Å². The molecule has 0 saturated carbocycles. The molecule has 1 aromatic rings. The van der Waals surface area contributed by atoms with Gasteiger partial charge in [0.1, 0.15) is 6.04 Å². The van der Waals surface area contributed by atoms with E-state index in [9.17, 15) is 27.9 Å². The van der Waals surface area contributed by atoms with Crippen LogP contribution in [0.1, 0.15) is 58.6 Å². The minimum Gasteiger partial charge on any atom is -0.381 e. The van der Waals surface area contributed by atoms with Gasteiger partial charge in [-0.25, -0.2) is 5.06 Å². The van der Waals surface area contributed by atoms with Crippen molar-refractivity contribution in [1.29, 1.82) is 0 Å². The second kappa shape index (κ2) is 10.6. The Bertz CT molecular complexity index is 647. The molecule has 0 heterocycles. The molecule has 0 aromatic heterocycles.